The Morgan fingerprint density at radius 3 is 2.52 bits per heavy atom. The van der Waals surface area contributed by atoms with E-state index in [2.05, 4.69) is 57.0 Å². The molecule has 1 aliphatic heterocycles. The second kappa shape index (κ2) is 5.57. The van der Waals surface area contributed by atoms with Crippen molar-refractivity contribution in [1.29, 1.82) is 0 Å². The highest BCUT2D eigenvalue weighted by atomic mass is 15.3. The summed E-state index contributed by atoms with van der Waals surface area (Å²) in [5.74, 6) is 1.06. The van der Waals surface area contributed by atoms with Crippen LogP contribution in [-0.2, 0) is 7.05 Å². The molecular formula is C18H21N5. The van der Waals surface area contributed by atoms with Crippen LogP contribution in [0.15, 0.2) is 42.9 Å². The first-order chi connectivity index (χ1) is 11.2. The van der Waals surface area contributed by atoms with E-state index in [-0.39, 0.29) is 0 Å². The predicted molar refractivity (Wildman–Crippen MR) is 94.1 cm³/mol. The molecule has 0 bridgehead atoms. The van der Waals surface area contributed by atoms with Gasteiger partial charge in [-0.2, -0.15) is 0 Å². The molecule has 0 saturated carbocycles. The molecule has 0 amide bonds. The minimum absolute atomic E-state index is 0.981. The zero-order chi connectivity index (χ0) is 15.8. The number of fused-ring (bicyclic) bond motifs is 1. The fourth-order valence-electron chi connectivity index (χ4n) is 3.32. The van der Waals surface area contributed by atoms with Gasteiger partial charge in [0.25, 0.3) is 0 Å². The van der Waals surface area contributed by atoms with E-state index in [0.29, 0.717) is 0 Å². The van der Waals surface area contributed by atoms with Gasteiger partial charge in [-0.3, -0.25) is 0 Å². The maximum atomic E-state index is 4.54. The van der Waals surface area contributed by atoms with Gasteiger partial charge in [-0.05, 0) is 30.7 Å². The number of piperazine rings is 1. The van der Waals surface area contributed by atoms with E-state index < -0.39 is 0 Å². The van der Waals surface area contributed by atoms with Crippen LogP contribution >= 0.6 is 0 Å². The number of aromatic nitrogens is 3. The van der Waals surface area contributed by atoms with Crippen LogP contribution in [0.5, 0.6) is 0 Å². The molecule has 1 fully saturated rings. The van der Waals surface area contributed by atoms with Crippen LogP contribution in [0.25, 0.3) is 11.0 Å². The molecule has 2 aromatic heterocycles. The van der Waals surface area contributed by atoms with Crippen molar-refractivity contribution in [1.82, 2.24) is 14.5 Å². The van der Waals surface area contributed by atoms with Gasteiger partial charge in [-0.15, -0.1) is 0 Å². The van der Waals surface area contributed by atoms with Gasteiger partial charge in [-0.1, -0.05) is 12.1 Å². The van der Waals surface area contributed by atoms with Crippen molar-refractivity contribution >= 4 is 22.5 Å². The van der Waals surface area contributed by atoms with Crippen molar-refractivity contribution in [2.24, 2.45) is 7.05 Å². The Labute approximate surface area is 136 Å². The zero-order valence-electron chi connectivity index (χ0n) is 13.6. The van der Waals surface area contributed by atoms with Crippen molar-refractivity contribution < 1.29 is 0 Å². The second-order valence-electron chi connectivity index (χ2n) is 6.17. The number of aryl methyl sites for hydroxylation is 2. The van der Waals surface area contributed by atoms with Crippen LogP contribution in [0.1, 0.15) is 5.56 Å². The molecule has 1 aromatic carbocycles. The third kappa shape index (κ3) is 2.52. The summed E-state index contributed by atoms with van der Waals surface area (Å²) in [6.07, 6.45) is 3.72. The minimum atomic E-state index is 0.981. The normalized spacial score (nSPS) is 15.4. The summed E-state index contributed by atoms with van der Waals surface area (Å²) >= 11 is 0. The Morgan fingerprint density at radius 2 is 1.74 bits per heavy atom. The Bertz CT molecular complexity index is 830. The molecule has 118 valence electrons. The highest BCUT2D eigenvalue weighted by molar-refractivity contribution is 5.87. The molecule has 3 aromatic rings. The molecule has 0 atom stereocenters. The van der Waals surface area contributed by atoms with E-state index >= 15 is 0 Å². The van der Waals surface area contributed by atoms with Gasteiger partial charge < -0.3 is 14.4 Å². The van der Waals surface area contributed by atoms with Gasteiger partial charge in [0.1, 0.15) is 17.8 Å². The van der Waals surface area contributed by atoms with Gasteiger partial charge >= 0.3 is 0 Å². The van der Waals surface area contributed by atoms with Crippen LogP contribution in [0.3, 0.4) is 0 Å². The molecule has 1 aliphatic rings. The molecule has 0 unspecified atom stereocenters. The molecule has 5 heteroatoms. The molecule has 0 N–H and O–H groups in total. The van der Waals surface area contributed by atoms with E-state index in [1.807, 2.05) is 17.8 Å². The molecule has 1 saturated heterocycles. The standard InChI is InChI=1S/C18H21N5/c1-14-4-3-5-15(12-14)22-8-10-23(11-9-22)18-16-6-7-21(2)17(16)19-13-20-18/h3-7,12-13H,8-11H2,1-2H3. The summed E-state index contributed by atoms with van der Waals surface area (Å²) in [6.45, 7) is 6.14. The van der Waals surface area contributed by atoms with E-state index in [1.165, 1.54) is 11.3 Å². The number of hydrogen-bond donors (Lipinski definition) is 0. The fraction of sp³-hybridized carbons (Fsp3) is 0.333. The van der Waals surface area contributed by atoms with Crippen molar-refractivity contribution in [3.8, 4) is 0 Å². The summed E-state index contributed by atoms with van der Waals surface area (Å²) in [5, 5.41) is 1.14. The van der Waals surface area contributed by atoms with Crippen LogP contribution in [-0.4, -0.2) is 40.7 Å². The van der Waals surface area contributed by atoms with Crippen molar-refractivity contribution in [2.75, 3.05) is 36.0 Å². The monoisotopic (exact) mass is 307 g/mol. The molecule has 0 aliphatic carbocycles. The van der Waals surface area contributed by atoms with Gasteiger partial charge in [0.05, 0.1) is 5.39 Å². The average Bonchev–Trinajstić information content (AvgIpc) is 2.97. The summed E-state index contributed by atoms with van der Waals surface area (Å²) < 4.78 is 2.05. The molecular weight excluding hydrogens is 286 g/mol. The van der Waals surface area contributed by atoms with Gasteiger partial charge in [0.15, 0.2) is 0 Å². The van der Waals surface area contributed by atoms with E-state index in [1.54, 1.807) is 6.33 Å². The van der Waals surface area contributed by atoms with E-state index in [4.69, 9.17) is 0 Å². The maximum absolute atomic E-state index is 4.54. The Hall–Kier alpha value is -2.56. The SMILES string of the molecule is Cc1cccc(N2CCN(c3ncnc4c3ccn4C)CC2)c1. The van der Waals surface area contributed by atoms with Crippen LogP contribution in [0.2, 0.25) is 0 Å². The van der Waals surface area contributed by atoms with Crippen molar-refractivity contribution in [3.05, 3.63) is 48.4 Å². The molecule has 0 spiro atoms. The molecule has 4 rings (SSSR count). The molecule has 3 heterocycles. The second-order valence-corrected chi connectivity index (χ2v) is 6.17. The molecule has 0 radical (unpaired) electrons. The summed E-state index contributed by atoms with van der Waals surface area (Å²) in [7, 11) is 2.02. The Kier molecular flexibility index (Phi) is 3.41. The third-order valence-electron chi connectivity index (χ3n) is 4.59. The first kappa shape index (κ1) is 14.1. The van der Waals surface area contributed by atoms with Gasteiger partial charge in [0, 0.05) is 45.1 Å². The lowest BCUT2D eigenvalue weighted by atomic mass is 10.2. The predicted octanol–water partition coefficient (Wildman–Crippen LogP) is 2.60. The quantitative estimate of drug-likeness (QED) is 0.729. The van der Waals surface area contributed by atoms with E-state index in [9.17, 15) is 0 Å². The first-order valence-electron chi connectivity index (χ1n) is 8.05. The smallest absolute Gasteiger partial charge is 0.145 e. The Balaban J connectivity index is 1.55. The van der Waals surface area contributed by atoms with Crippen LogP contribution in [0.4, 0.5) is 11.5 Å². The number of hydrogen-bond acceptors (Lipinski definition) is 4. The first-order valence-corrected chi connectivity index (χ1v) is 8.05. The summed E-state index contributed by atoms with van der Waals surface area (Å²) in [4.78, 5) is 13.7. The number of benzene rings is 1. The van der Waals surface area contributed by atoms with Crippen LogP contribution in [0, 0.1) is 6.92 Å². The summed E-state index contributed by atoms with van der Waals surface area (Å²) in [6, 6.07) is 10.8. The number of rotatable bonds is 2. The van der Waals surface area contributed by atoms with Gasteiger partial charge in [-0.25, -0.2) is 9.97 Å². The Morgan fingerprint density at radius 1 is 0.957 bits per heavy atom. The lowest BCUT2D eigenvalue weighted by Gasteiger charge is -2.37. The number of nitrogens with zero attached hydrogens (tertiary/aromatic N) is 5. The fourth-order valence-corrected chi connectivity index (χ4v) is 3.32. The maximum Gasteiger partial charge on any atom is 0.145 e. The highest BCUT2D eigenvalue weighted by Gasteiger charge is 2.20. The number of anilines is 2. The topological polar surface area (TPSA) is 37.2 Å². The van der Waals surface area contributed by atoms with Crippen molar-refractivity contribution in [3.63, 3.8) is 0 Å². The third-order valence-corrected chi connectivity index (χ3v) is 4.59. The largest absolute Gasteiger partial charge is 0.368 e. The lowest BCUT2D eigenvalue weighted by molar-refractivity contribution is 0.648. The lowest BCUT2D eigenvalue weighted by Crippen LogP contribution is -2.46. The molecule has 23 heavy (non-hydrogen) atoms. The average molecular weight is 307 g/mol. The van der Waals surface area contributed by atoms with E-state index in [0.717, 1.165) is 43.0 Å². The van der Waals surface area contributed by atoms with Gasteiger partial charge in [0.2, 0.25) is 0 Å². The van der Waals surface area contributed by atoms with Crippen LogP contribution < -0.4 is 9.80 Å². The van der Waals surface area contributed by atoms with Crippen molar-refractivity contribution in [2.45, 2.75) is 6.92 Å². The minimum Gasteiger partial charge on any atom is -0.368 e. The summed E-state index contributed by atoms with van der Waals surface area (Å²) in [5.41, 5.74) is 3.63. The molecule has 5 nitrogen and oxygen atoms in total. The highest BCUT2D eigenvalue weighted by Crippen LogP contribution is 2.25. The zero-order valence-corrected chi connectivity index (χ0v) is 13.6.